The summed E-state index contributed by atoms with van der Waals surface area (Å²) in [7, 11) is 5.75. The summed E-state index contributed by atoms with van der Waals surface area (Å²) < 4.78 is 7.67. The zero-order valence-corrected chi connectivity index (χ0v) is 15.9. The second-order valence-corrected chi connectivity index (χ2v) is 6.61. The first-order chi connectivity index (χ1) is 13.0. The van der Waals surface area contributed by atoms with E-state index in [2.05, 4.69) is 22.1 Å². The molecule has 3 aromatic rings. The van der Waals surface area contributed by atoms with Crippen LogP contribution >= 0.6 is 0 Å². The van der Waals surface area contributed by atoms with Crippen molar-refractivity contribution >= 4 is 11.7 Å². The van der Waals surface area contributed by atoms with E-state index >= 15 is 0 Å². The van der Waals surface area contributed by atoms with Gasteiger partial charge < -0.3 is 14.2 Å². The highest BCUT2D eigenvalue weighted by molar-refractivity contribution is 5.87. The van der Waals surface area contributed by atoms with Crippen LogP contribution in [0.5, 0.6) is 0 Å². The minimum atomic E-state index is -0.443. The first kappa shape index (κ1) is 18.6. The number of anilines is 1. The Bertz CT molecular complexity index is 873. The Morgan fingerprint density at radius 2 is 1.93 bits per heavy atom. The lowest BCUT2D eigenvalue weighted by Crippen LogP contribution is -2.17. The highest BCUT2D eigenvalue weighted by Crippen LogP contribution is 2.23. The van der Waals surface area contributed by atoms with E-state index in [0.29, 0.717) is 12.1 Å². The van der Waals surface area contributed by atoms with Crippen LogP contribution in [0.15, 0.2) is 61.1 Å². The molecule has 1 unspecified atom stereocenters. The molecular weight excluding hydrogens is 340 g/mol. The van der Waals surface area contributed by atoms with Crippen LogP contribution in [-0.2, 0) is 18.2 Å². The Kier molecular flexibility index (Phi) is 5.86. The van der Waals surface area contributed by atoms with E-state index in [1.54, 1.807) is 18.5 Å². The quantitative estimate of drug-likeness (QED) is 0.601. The van der Waals surface area contributed by atoms with Crippen molar-refractivity contribution in [1.29, 1.82) is 0 Å². The van der Waals surface area contributed by atoms with E-state index in [1.807, 2.05) is 61.1 Å². The summed E-state index contributed by atoms with van der Waals surface area (Å²) in [5, 5.41) is 0. The van der Waals surface area contributed by atoms with E-state index in [0.717, 1.165) is 17.9 Å². The lowest BCUT2D eigenvalue weighted by atomic mass is 10.1. The van der Waals surface area contributed by atoms with Gasteiger partial charge in [-0.15, -0.1) is 0 Å². The fourth-order valence-corrected chi connectivity index (χ4v) is 2.83. The van der Waals surface area contributed by atoms with Crippen molar-refractivity contribution in [2.75, 3.05) is 19.0 Å². The molecule has 0 saturated carbocycles. The molecular formula is C21H24N4O2. The molecule has 3 rings (SSSR count). The van der Waals surface area contributed by atoms with Gasteiger partial charge in [0.2, 0.25) is 0 Å². The first-order valence-corrected chi connectivity index (χ1v) is 8.90. The van der Waals surface area contributed by atoms with E-state index in [9.17, 15) is 4.79 Å². The number of hydrogen-bond donors (Lipinski definition) is 0. The number of hydrogen-bond acceptors (Lipinski definition) is 5. The molecule has 0 aliphatic heterocycles. The number of pyridine rings is 1. The summed E-state index contributed by atoms with van der Waals surface area (Å²) in [6.45, 7) is 0. The van der Waals surface area contributed by atoms with Crippen molar-refractivity contribution in [2.24, 2.45) is 7.05 Å². The van der Waals surface area contributed by atoms with Crippen molar-refractivity contribution in [2.45, 2.75) is 18.9 Å². The van der Waals surface area contributed by atoms with Crippen molar-refractivity contribution in [3.63, 3.8) is 0 Å². The highest BCUT2D eigenvalue weighted by atomic mass is 16.5. The fourth-order valence-electron chi connectivity index (χ4n) is 2.83. The maximum Gasteiger partial charge on any atom is 0.357 e. The Labute approximate surface area is 159 Å². The zero-order chi connectivity index (χ0) is 19.2. The number of nitrogens with zero attached hydrogens (tertiary/aromatic N) is 4. The number of ether oxygens (including phenoxy) is 1. The molecule has 1 atom stereocenters. The monoisotopic (exact) mass is 364 g/mol. The number of carbonyl (C=O) groups is 1. The summed E-state index contributed by atoms with van der Waals surface area (Å²) in [6, 6.07) is 13.7. The van der Waals surface area contributed by atoms with Crippen LogP contribution in [-0.4, -0.2) is 34.6 Å². The molecule has 27 heavy (non-hydrogen) atoms. The number of benzene rings is 1. The second kappa shape index (κ2) is 8.49. The van der Waals surface area contributed by atoms with Crippen LogP contribution in [0.4, 0.5) is 5.69 Å². The molecule has 0 bridgehead atoms. The predicted octanol–water partition coefficient (Wildman–Crippen LogP) is 3.41. The second-order valence-electron chi connectivity index (χ2n) is 6.61. The van der Waals surface area contributed by atoms with Gasteiger partial charge in [0.1, 0.15) is 11.5 Å². The number of rotatable bonds is 7. The third-order valence-electron chi connectivity index (χ3n) is 4.41. The van der Waals surface area contributed by atoms with Gasteiger partial charge in [-0.25, -0.2) is 14.8 Å². The van der Waals surface area contributed by atoms with Crippen LogP contribution in [0.3, 0.4) is 0 Å². The van der Waals surface area contributed by atoms with Crippen LogP contribution in [0.1, 0.15) is 34.4 Å². The third-order valence-corrected chi connectivity index (χ3v) is 4.41. The number of imidazole rings is 1. The summed E-state index contributed by atoms with van der Waals surface area (Å²) in [5.41, 5.74) is 2.41. The molecule has 0 spiro atoms. The lowest BCUT2D eigenvalue weighted by Gasteiger charge is -2.18. The van der Waals surface area contributed by atoms with Gasteiger partial charge in [-0.1, -0.05) is 30.3 Å². The number of aryl methyl sites for hydroxylation is 2. The number of carbonyl (C=O) groups excluding carboxylic acids is 1. The molecule has 6 heteroatoms. The summed E-state index contributed by atoms with van der Waals surface area (Å²) in [4.78, 5) is 23.2. The molecule has 0 amide bonds. The topological polar surface area (TPSA) is 60.3 Å². The normalized spacial score (nSPS) is 11.8. The first-order valence-electron chi connectivity index (χ1n) is 8.90. The van der Waals surface area contributed by atoms with Gasteiger partial charge in [0, 0.05) is 33.5 Å². The van der Waals surface area contributed by atoms with Gasteiger partial charge in [-0.2, -0.15) is 0 Å². The highest BCUT2D eigenvalue weighted by Gasteiger charge is 2.22. The molecule has 0 N–H and O–H groups in total. The fraction of sp³-hybridized carbons (Fsp3) is 0.286. The van der Waals surface area contributed by atoms with Gasteiger partial charge in [0.25, 0.3) is 0 Å². The molecule has 6 nitrogen and oxygen atoms in total. The molecule has 140 valence electrons. The Balaban J connectivity index is 1.74. The minimum Gasteiger partial charge on any atom is -0.449 e. The molecule has 0 saturated heterocycles. The Morgan fingerprint density at radius 3 is 2.52 bits per heavy atom. The van der Waals surface area contributed by atoms with Gasteiger partial charge in [0.15, 0.2) is 6.10 Å². The van der Waals surface area contributed by atoms with Crippen LogP contribution < -0.4 is 4.90 Å². The summed E-state index contributed by atoms with van der Waals surface area (Å²) >= 11 is 0. The van der Waals surface area contributed by atoms with E-state index < -0.39 is 12.1 Å². The molecule has 0 aliphatic rings. The number of aromatic nitrogens is 3. The average Bonchev–Trinajstić information content (AvgIpc) is 3.11. The molecule has 1 aromatic carbocycles. The maximum absolute atomic E-state index is 12.6. The predicted molar refractivity (Wildman–Crippen MR) is 105 cm³/mol. The summed E-state index contributed by atoms with van der Waals surface area (Å²) in [5.74, 6) is 0.283. The molecule has 0 aliphatic carbocycles. The van der Waals surface area contributed by atoms with Crippen LogP contribution in [0, 0.1) is 0 Å². The van der Waals surface area contributed by atoms with Gasteiger partial charge in [-0.05, 0) is 30.5 Å². The Hall–Kier alpha value is -3.15. The largest absolute Gasteiger partial charge is 0.449 e. The molecule has 2 heterocycles. The van der Waals surface area contributed by atoms with Crippen molar-refractivity contribution in [3.8, 4) is 0 Å². The minimum absolute atomic E-state index is 0.291. The summed E-state index contributed by atoms with van der Waals surface area (Å²) in [6.07, 6.45) is 6.23. The van der Waals surface area contributed by atoms with Crippen molar-refractivity contribution < 1.29 is 9.53 Å². The lowest BCUT2D eigenvalue weighted by molar-refractivity contribution is 0.0243. The van der Waals surface area contributed by atoms with Gasteiger partial charge in [0.05, 0.1) is 11.9 Å². The van der Waals surface area contributed by atoms with Crippen molar-refractivity contribution in [3.05, 3.63) is 78.1 Å². The number of esters is 1. The molecule has 0 radical (unpaired) electrons. The average molecular weight is 364 g/mol. The van der Waals surface area contributed by atoms with Crippen molar-refractivity contribution in [1.82, 2.24) is 14.5 Å². The Morgan fingerprint density at radius 1 is 1.15 bits per heavy atom. The van der Waals surface area contributed by atoms with E-state index in [4.69, 9.17) is 4.74 Å². The smallest absolute Gasteiger partial charge is 0.357 e. The standard InChI is InChI=1S/C21H24N4O2/c1-24(2)17-10-11-18(23-15-17)21(26)27-19(20-22-13-14-25(20)3)12-9-16-7-5-4-6-8-16/h4-8,10-11,13-15,19H,9,12H2,1-3H3. The SMILES string of the molecule is CN(C)c1ccc(C(=O)OC(CCc2ccccc2)c2nccn2C)nc1. The van der Waals surface area contributed by atoms with Gasteiger partial charge in [-0.3, -0.25) is 0 Å². The van der Waals surface area contributed by atoms with Crippen LogP contribution in [0.25, 0.3) is 0 Å². The molecule has 2 aromatic heterocycles. The van der Waals surface area contributed by atoms with Crippen LogP contribution in [0.2, 0.25) is 0 Å². The van der Waals surface area contributed by atoms with E-state index in [1.165, 1.54) is 5.56 Å². The zero-order valence-electron chi connectivity index (χ0n) is 15.9. The van der Waals surface area contributed by atoms with Gasteiger partial charge >= 0.3 is 5.97 Å². The third kappa shape index (κ3) is 4.73. The maximum atomic E-state index is 12.6. The van der Waals surface area contributed by atoms with E-state index in [-0.39, 0.29) is 0 Å². The molecule has 0 fully saturated rings.